The van der Waals surface area contributed by atoms with Crippen molar-refractivity contribution in [2.75, 3.05) is 31.1 Å². The summed E-state index contributed by atoms with van der Waals surface area (Å²) in [4.78, 5) is 31.6. The number of carbonyl (C=O) groups excluding carboxylic acids is 1. The van der Waals surface area contributed by atoms with Gasteiger partial charge in [-0.25, -0.2) is 15.0 Å². The van der Waals surface area contributed by atoms with E-state index < -0.39 is 0 Å². The number of rotatable bonds is 4. The van der Waals surface area contributed by atoms with Crippen molar-refractivity contribution in [2.24, 2.45) is 0 Å². The summed E-state index contributed by atoms with van der Waals surface area (Å²) in [7, 11) is 0. The average molecular weight is 439 g/mol. The molecule has 5 rings (SSSR count). The first-order valence-corrected chi connectivity index (χ1v) is 11.7. The SMILES string of the molecule is Cc1ccc(C)n1-c1nc(CC(=O)N2CCN(c3ncnc4sccc34)CC2)cs1. The van der Waals surface area contributed by atoms with Gasteiger partial charge in [0, 0.05) is 42.9 Å². The maximum atomic E-state index is 12.9. The maximum Gasteiger partial charge on any atom is 0.228 e. The molecule has 0 radical (unpaired) electrons. The van der Waals surface area contributed by atoms with Gasteiger partial charge in [-0.3, -0.25) is 9.36 Å². The van der Waals surface area contributed by atoms with E-state index in [0.717, 1.165) is 51.3 Å². The number of amides is 1. The first-order valence-electron chi connectivity index (χ1n) is 9.91. The lowest BCUT2D eigenvalue weighted by molar-refractivity contribution is -0.130. The minimum atomic E-state index is 0.135. The van der Waals surface area contributed by atoms with Crippen LogP contribution >= 0.6 is 22.7 Å². The van der Waals surface area contributed by atoms with Gasteiger partial charge in [-0.1, -0.05) is 0 Å². The maximum absolute atomic E-state index is 12.9. The normalized spacial score (nSPS) is 14.6. The van der Waals surface area contributed by atoms with E-state index in [9.17, 15) is 4.79 Å². The highest BCUT2D eigenvalue weighted by Crippen LogP contribution is 2.27. The molecule has 1 aliphatic heterocycles. The monoisotopic (exact) mass is 438 g/mol. The highest BCUT2D eigenvalue weighted by atomic mass is 32.1. The molecule has 154 valence electrons. The number of hydrogen-bond donors (Lipinski definition) is 0. The highest BCUT2D eigenvalue weighted by molar-refractivity contribution is 7.16. The van der Waals surface area contributed by atoms with Gasteiger partial charge in [0.15, 0.2) is 5.13 Å². The van der Waals surface area contributed by atoms with Gasteiger partial charge in [-0.15, -0.1) is 22.7 Å². The van der Waals surface area contributed by atoms with Crippen LogP contribution < -0.4 is 4.90 Å². The molecule has 0 saturated carbocycles. The molecule has 0 unspecified atom stereocenters. The van der Waals surface area contributed by atoms with E-state index in [4.69, 9.17) is 4.98 Å². The zero-order chi connectivity index (χ0) is 20.7. The van der Waals surface area contributed by atoms with E-state index in [1.165, 1.54) is 0 Å². The zero-order valence-corrected chi connectivity index (χ0v) is 18.5. The van der Waals surface area contributed by atoms with Crippen molar-refractivity contribution in [1.82, 2.24) is 24.4 Å². The second-order valence-electron chi connectivity index (χ2n) is 7.45. The van der Waals surface area contributed by atoms with Crippen molar-refractivity contribution < 1.29 is 4.79 Å². The van der Waals surface area contributed by atoms with Crippen molar-refractivity contribution in [3.05, 3.63) is 52.4 Å². The molecule has 7 nitrogen and oxygen atoms in total. The third kappa shape index (κ3) is 3.48. The summed E-state index contributed by atoms with van der Waals surface area (Å²) in [6.07, 6.45) is 1.97. The van der Waals surface area contributed by atoms with Crippen LogP contribution in [0.1, 0.15) is 17.1 Å². The van der Waals surface area contributed by atoms with Crippen LogP contribution in [0.4, 0.5) is 5.82 Å². The van der Waals surface area contributed by atoms with Gasteiger partial charge in [0.2, 0.25) is 5.91 Å². The second kappa shape index (κ2) is 7.81. The fourth-order valence-corrected chi connectivity index (χ4v) is 5.58. The van der Waals surface area contributed by atoms with Crippen LogP contribution in [0.3, 0.4) is 0 Å². The van der Waals surface area contributed by atoms with Crippen molar-refractivity contribution in [3.63, 3.8) is 0 Å². The topological polar surface area (TPSA) is 67.2 Å². The Kier molecular flexibility index (Phi) is 5.00. The number of hydrogen-bond acceptors (Lipinski definition) is 7. The van der Waals surface area contributed by atoms with E-state index >= 15 is 0 Å². The van der Waals surface area contributed by atoms with Gasteiger partial charge >= 0.3 is 0 Å². The number of thiophene rings is 1. The van der Waals surface area contributed by atoms with Gasteiger partial charge in [0.05, 0.1) is 17.5 Å². The smallest absolute Gasteiger partial charge is 0.228 e. The van der Waals surface area contributed by atoms with Crippen LogP contribution in [-0.4, -0.2) is 56.5 Å². The van der Waals surface area contributed by atoms with Crippen LogP contribution in [-0.2, 0) is 11.2 Å². The molecular formula is C21H22N6OS2. The van der Waals surface area contributed by atoms with Gasteiger partial charge in [-0.05, 0) is 37.4 Å². The molecule has 30 heavy (non-hydrogen) atoms. The fraction of sp³-hybridized carbons (Fsp3) is 0.333. The fourth-order valence-electron chi connectivity index (χ4n) is 3.91. The third-order valence-corrected chi connectivity index (χ3v) is 7.20. The van der Waals surface area contributed by atoms with Crippen LogP contribution in [0.5, 0.6) is 0 Å². The molecule has 1 fully saturated rings. The molecule has 9 heteroatoms. The minimum Gasteiger partial charge on any atom is -0.352 e. The number of carbonyl (C=O) groups is 1. The second-order valence-corrected chi connectivity index (χ2v) is 9.19. The highest BCUT2D eigenvalue weighted by Gasteiger charge is 2.24. The summed E-state index contributed by atoms with van der Waals surface area (Å²) >= 11 is 3.21. The standard InChI is InChI=1S/C21H22N6OS2/c1-14-3-4-15(2)27(14)21-24-16(12-30-21)11-18(28)25-6-8-26(9-7-25)19-17-5-10-29-20(17)23-13-22-19/h3-5,10,12-13H,6-9,11H2,1-2H3. The first-order chi connectivity index (χ1) is 14.6. The minimum absolute atomic E-state index is 0.135. The summed E-state index contributed by atoms with van der Waals surface area (Å²) in [5.74, 6) is 1.10. The lowest BCUT2D eigenvalue weighted by Crippen LogP contribution is -2.49. The zero-order valence-electron chi connectivity index (χ0n) is 16.9. The Balaban J connectivity index is 1.23. The summed E-state index contributed by atoms with van der Waals surface area (Å²) in [6, 6.07) is 6.24. The molecule has 0 atom stereocenters. The molecule has 0 spiro atoms. The molecule has 4 aromatic rings. The predicted octanol–water partition coefficient (Wildman–Crippen LogP) is 3.45. The lowest BCUT2D eigenvalue weighted by Gasteiger charge is -2.35. The Labute approximate surface area is 182 Å². The molecule has 0 N–H and O–H groups in total. The van der Waals surface area contributed by atoms with Gasteiger partial charge in [0.1, 0.15) is 17.0 Å². The summed E-state index contributed by atoms with van der Waals surface area (Å²) < 4.78 is 2.13. The van der Waals surface area contributed by atoms with E-state index in [1.54, 1.807) is 29.0 Å². The molecule has 1 saturated heterocycles. The molecule has 5 heterocycles. The molecule has 0 aromatic carbocycles. The van der Waals surface area contributed by atoms with Crippen molar-refractivity contribution in [3.8, 4) is 5.13 Å². The number of piperazine rings is 1. The average Bonchev–Trinajstić information content (AvgIpc) is 3.48. The largest absolute Gasteiger partial charge is 0.352 e. The molecule has 0 aliphatic carbocycles. The Hall–Kier alpha value is -2.78. The Morgan fingerprint density at radius 3 is 2.57 bits per heavy atom. The summed E-state index contributed by atoms with van der Waals surface area (Å²) in [6.45, 7) is 7.08. The Morgan fingerprint density at radius 1 is 1.03 bits per heavy atom. The summed E-state index contributed by atoms with van der Waals surface area (Å²) in [5, 5.41) is 6.05. The number of anilines is 1. The molecular weight excluding hydrogens is 416 g/mol. The molecule has 4 aromatic heterocycles. The Bertz CT molecular complexity index is 1180. The van der Waals surface area contributed by atoms with Crippen LogP contribution in [0.15, 0.2) is 35.3 Å². The quantitative estimate of drug-likeness (QED) is 0.488. The van der Waals surface area contributed by atoms with Crippen LogP contribution in [0.2, 0.25) is 0 Å². The van der Waals surface area contributed by atoms with Crippen LogP contribution in [0.25, 0.3) is 15.3 Å². The van der Waals surface area contributed by atoms with E-state index in [1.807, 2.05) is 15.7 Å². The number of thiazole rings is 1. The van der Waals surface area contributed by atoms with E-state index in [-0.39, 0.29) is 5.91 Å². The number of fused-ring (bicyclic) bond motifs is 1. The number of aromatic nitrogens is 4. The van der Waals surface area contributed by atoms with Crippen molar-refractivity contribution in [2.45, 2.75) is 20.3 Å². The summed E-state index contributed by atoms with van der Waals surface area (Å²) in [5.41, 5.74) is 3.14. The molecule has 1 amide bonds. The number of nitrogens with zero attached hydrogens (tertiary/aromatic N) is 6. The number of aryl methyl sites for hydroxylation is 2. The molecule has 0 bridgehead atoms. The van der Waals surface area contributed by atoms with Gasteiger partial charge < -0.3 is 9.80 Å². The van der Waals surface area contributed by atoms with E-state index in [0.29, 0.717) is 19.5 Å². The van der Waals surface area contributed by atoms with Crippen LogP contribution in [0, 0.1) is 13.8 Å². The third-order valence-electron chi connectivity index (χ3n) is 5.51. The van der Waals surface area contributed by atoms with Crippen molar-refractivity contribution >= 4 is 44.6 Å². The lowest BCUT2D eigenvalue weighted by atomic mass is 10.2. The van der Waals surface area contributed by atoms with Gasteiger partial charge in [0.25, 0.3) is 0 Å². The van der Waals surface area contributed by atoms with Gasteiger partial charge in [-0.2, -0.15) is 0 Å². The Morgan fingerprint density at radius 2 is 1.80 bits per heavy atom. The van der Waals surface area contributed by atoms with E-state index in [2.05, 4.69) is 51.5 Å². The van der Waals surface area contributed by atoms with Crippen molar-refractivity contribution in [1.29, 1.82) is 0 Å². The first kappa shape index (κ1) is 19.2. The molecule has 1 aliphatic rings. The predicted molar refractivity (Wildman–Crippen MR) is 121 cm³/mol.